The third-order valence-electron chi connectivity index (χ3n) is 2.99. The molecule has 0 bridgehead atoms. The van der Waals surface area contributed by atoms with E-state index in [2.05, 4.69) is 4.74 Å². The summed E-state index contributed by atoms with van der Waals surface area (Å²) in [7, 11) is 1.36. The molecule has 6 heteroatoms. The van der Waals surface area contributed by atoms with Gasteiger partial charge in [0.25, 0.3) is 0 Å². The minimum Gasteiger partial charge on any atom is -0.468 e. The summed E-state index contributed by atoms with van der Waals surface area (Å²) < 4.78 is 4.66. The molecule has 1 rings (SSSR count). The summed E-state index contributed by atoms with van der Waals surface area (Å²) in [5.74, 6) is -0.282. The molecule has 0 aromatic rings. The Balaban J connectivity index is 2.57. The fourth-order valence-electron chi connectivity index (χ4n) is 1.94. The molecule has 1 amide bonds. The second-order valence-corrected chi connectivity index (χ2v) is 4.02. The van der Waals surface area contributed by atoms with Gasteiger partial charge in [-0.05, 0) is 13.8 Å². The van der Waals surface area contributed by atoms with Crippen LogP contribution in [0, 0.1) is 0 Å². The molecule has 6 nitrogen and oxygen atoms in total. The topological polar surface area (TPSA) is 70.1 Å². The Morgan fingerprint density at radius 2 is 2.06 bits per heavy atom. The van der Waals surface area contributed by atoms with Crippen LogP contribution in [0.4, 0.5) is 4.79 Å². The zero-order valence-corrected chi connectivity index (χ0v) is 9.84. The number of nitrogens with zero attached hydrogens (tertiary/aromatic N) is 2. The zero-order valence-electron chi connectivity index (χ0n) is 9.84. The Morgan fingerprint density at radius 3 is 2.50 bits per heavy atom. The van der Waals surface area contributed by atoms with Gasteiger partial charge in [0.1, 0.15) is 6.04 Å². The van der Waals surface area contributed by atoms with E-state index in [0.29, 0.717) is 19.6 Å². The lowest BCUT2D eigenvalue weighted by atomic mass is 10.1. The largest absolute Gasteiger partial charge is 0.468 e. The second kappa shape index (κ2) is 5.16. The van der Waals surface area contributed by atoms with Crippen LogP contribution in [0.5, 0.6) is 0 Å². The fourth-order valence-corrected chi connectivity index (χ4v) is 1.94. The van der Waals surface area contributed by atoms with Crippen molar-refractivity contribution in [2.45, 2.75) is 25.9 Å². The number of methoxy groups -OCH3 is 1. The third-order valence-corrected chi connectivity index (χ3v) is 2.99. The van der Waals surface area contributed by atoms with Crippen molar-refractivity contribution in [1.82, 2.24) is 9.80 Å². The van der Waals surface area contributed by atoms with Crippen molar-refractivity contribution in [1.29, 1.82) is 0 Å². The first kappa shape index (κ1) is 12.8. The summed E-state index contributed by atoms with van der Waals surface area (Å²) in [4.78, 5) is 25.5. The highest BCUT2D eigenvalue weighted by molar-refractivity contribution is 5.75. The predicted octanol–water partition coefficient (Wildman–Crippen LogP) is 0.232. The Bertz CT molecular complexity index is 282. The number of amides is 1. The van der Waals surface area contributed by atoms with Crippen molar-refractivity contribution in [3.63, 3.8) is 0 Å². The lowest BCUT2D eigenvalue weighted by Gasteiger charge is -2.40. The van der Waals surface area contributed by atoms with Crippen molar-refractivity contribution in [3.8, 4) is 0 Å². The molecule has 0 radical (unpaired) electrons. The van der Waals surface area contributed by atoms with Gasteiger partial charge in [0.2, 0.25) is 0 Å². The van der Waals surface area contributed by atoms with Gasteiger partial charge in [0.05, 0.1) is 7.11 Å². The highest BCUT2D eigenvalue weighted by atomic mass is 16.5. The highest BCUT2D eigenvalue weighted by Gasteiger charge is 2.31. The SMILES string of the molecule is COC(=O)C(C)N1CCN(C(=O)O)C(C)C1. The van der Waals surface area contributed by atoms with Gasteiger partial charge >= 0.3 is 12.1 Å². The van der Waals surface area contributed by atoms with Crippen LogP contribution in [0.3, 0.4) is 0 Å². The second-order valence-electron chi connectivity index (χ2n) is 4.02. The normalized spacial score (nSPS) is 23.9. The van der Waals surface area contributed by atoms with E-state index in [-0.39, 0.29) is 18.1 Å². The van der Waals surface area contributed by atoms with E-state index >= 15 is 0 Å². The summed E-state index contributed by atoms with van der Waals surface area (Å²) >= 11 is 0. The number of esters is 1. The van der Waals surface area contributed by atoms with Gasteiger partial charge in [0.15, 0.2) is 0 Å². The van der Waals surface area contributed by atoms with Gasteiger partial charge < -0.3 is 14.7 Å². The number of ether oxygens (including phenoxy) is 1. The van der Waals surface area contributed by atoms with Gasteiger partial charge in [-0.3, -0.25) is 9.69 Å². The molecule has 1 heterocycles. The summed E-state index contributed by atoms with van der Waals surface area (Å²) in [6.07, 6.45) is -0.905. The number of carbonyl (C=O) groups is 2. The summed E-state index contributed by atoms with van der Waals surface area (Å²) in [5.41, 5.74) is 0. The quantitative estimate of drug-likeness (QED) is 0.688. The first-order chi connectivity index (χ1) is 7.47. The van der Waals surface area contributed by atoms with Crippen molar-refractivity contribution in [2.24, 2.45) is 0 Å². The van der Waals surface area contributed by atoms with Gasteiger partial charge in [-0.15, -0.1) is 0 Å². The van der Waals surface area contributed by atoms with Crippen LogP contribution < -0.4 is 0 Å². The molecule has 16 heavy (non-hydrogen) atoms. The molecule has 0 aromatic heterocycles. The van der Waals surface area contributed by atoms with E-state index in [0.717, 1.165) is 0 Å². The van der Waals surface area contributed by atoms with Crippen LogP contribution in [0.1, 0.15) is 13.8 Å². The Morgan fingerprint density at radius 1 is 1.44 bits per heavy atom. The molecule has 0 saturated carbocycles. The molecular weight excluding hydrogens is 212 g/mol. The number of rotatable bonds is 2. The maximum Gasteiger partial charge on any atom is 0.407 e. The number of piperazine rings is 1. The number of hydrogen-bond acceptors (Lipinski definition) is 4. The minimum absolute atomic E-state index is 0.0987. The average Bonchev–Trinajstić information content (AvgIpc) is 2.26. The molecule has 2 atom stereocenters. The van der Waals surface area contributed by atoms with E-state index in [1.165, 1.54) is 12.0 Å². The lowest BCUT2D eigenvalue weighted by molar-refractivity contribution is -0.147. The zero-order chi connectivity index (χ0) is 12.3. The van der Waals surface area contributed by atoms with Gasteiger partial charge in [0, 0.05) is 25.7 Å². The minimum atomic E-state index is -0.905. The molecule has 1 aliphatic rings. The molecule has 0 spiro atoms. The molecule has 1 saturated heterocycles. The number of hydrogen-bond donors (Lipinski definition) is 1. The average molecular weight is 230 g/mol. The van der Waals surface area contributed by atoms with Gasteiger partial charge in [-0.1, -0.05) is 0 Å². The number of carboxylic acid groups (broad SMARTS) is 1. The van der Waals surface area contributed by atoms with Crippen LogP contribution in [-0.4, -0.2) is 65.8 Å². The molecule has 0 aliphatic carbocycles. The van der Waals surface area contributed by atoms with E-state index in [9.17, 15) is 9.59 Å². The Hall–Kier alpha value is -1.30. The Labute approximate surface area is 94.8 Å². The lowest BCUT2D eigenvalue weighted by Crippen LogP contribution is -2.57. The van der Waals surface area contributed by atoms with Crippen molar-refractivity contribution in [3.05, 3.63) is 0 Å². The smallest absolute Gasteiger partial charge is 0.407 e. The van der Waals surface area contributed by atoms with Crippen LogP contribution >= 0.6 is 0 Å². The van der Waals surface area contributed by atoms with Crippen molar-refractivity contribution < 1.29 is 19.4 Å². The summed E-state index contributed by atoms with van der Waals surface area (Å²) in [6, 6.07) is -0.415. The van der Waals surface area contributed by atoms with E-state index in [1.807, 2.05) is 11.8 Å². The monoisotopic (exact) mass is 230 g/mol. The van der Waals surface area contributed by atoms with E-state index in [4.69, 9.17) is 5.11 Å². The molecule has 92 valence electrons. The van der Waals surface area contributed by atoms with Gasteiger partial charge in [-0.2, -0.15) is 0 Å². The van der Waals surface area contributed by atoms with E-state index in [1.54, 1.807) is 6.92 Å². The highest BCUT2D eigenvalue weighted by Crippen LogP contribution is 2.13. The number of carbonyl (C=O) groups excluding carboxylic acids is 1. The maximum atomic E-state index is 11.3. The van der Waals surface area contributed by atoms with Crippen LogP contribution in [-0.2, 0) is 9.53 Å². The van der Waals surface area contributed by atoms with Crippen molar-refractivity contribution >= 4 is 12.1 Å². The summed E-state index contributed by atoms with van der Waals surface area (Å²) in [5, 5.41) is 8.90. The first-order valence-corrected chi connectivity index (χ1v) is 5.28. The van der Waals surface area contributed by atoms with Crippen molar-refractivity contribution in [2.75, 3.05) is 26.7 Å². The van der Waals surface area contributed by atoms with E-state index < -0.39 is 6.09 Å². The van der Waals surface area contributed by atoms with Crippen LogP contribution in [0.2, 0.25) is 0 Å². The molecule has 1 fully saturated rings. The fraction of sp³-hybridized carbons (Fsp3) is 0.800. The predicted molar refractivity (Wildman–Crippen MR) is 57.2 cm³/mol. The van der Waals surface area contributed by atoms with Gasteiger partial charge in [-0.25, -0.2) is 4.79 Å². The standard InChI is InChI=1S/C10H18N2O4/c1-7-6-11(8(2)9(13)16-3)4-5-12(7)10(14)15/h7-8H,4-6H2,1-3H3,(H,14,15). The first-order valence-electron chi connectivity index (χ1n) is 5.28. The van der Waals surface area contributed by atoms with Crippen LogP contribution in [0.25, 0.3) is 0 Å². The Kier molecular flexibility index (Phi) is 4.12. The maximum absolute atomic E-state index is 11.3. The molecule has 1 aliphatic heterocycles. The molecular formula is C10H18N2O4. The molecule has 2 unspecified atom stereocenters. The summed E-state index contributed by atoms with van der Waals surface area (Å²) in [6.45, 7) is 5.16. The molecule has 0 aromatic carbocycles. The molecule has 1 N–H and O–H groups in total. The third kappa shape index (κ3) is 2.63. The van der Waals surface area contributed by atoms with Crippen LogP contribution in [0.15, 0.2) is 0 Å².